The minimum Gasteiger partial charge on any atom is -0.480 e. The molecular formula is C17H25NO2. The maximum absolute atomic E-state index is 11.5. The summed E-state index contributed by atoms with van der Waals surface area (Å²) in [4.78, 5) is 13.6. The lowest BCUT2D eigenvalue weighted by Gasteiger charge is -2.49. The van der Waals surface area contributed by atoms with Crippen molar-refractivity contribution in [1.82, 2.24) is 0 Å². The molecule has 1 heterocycles. The third-order valence-electron chi connectivity index (χ3n) is 4.64. The van der Waals surface area contributed by atoms with Gasteiger partial charge in [-0.05, 0) is 69.7 Å². The minimum absolute atomic E-state index is 0.147. The van der Waals surface area contributed by atoms with Gasteiger partial charge in [-0.3, -0.25) is 0 Å². The zero-order chi connectivity index (χ0) is 15.2. The highest BCUT2D eigenvalue weighted by atomic mass is 16.4. The van der Waals surface area contributed by atoms with Gasteiger partial charge in [0, 0.05) is 11.2 Å². The Morgan fingerprint density at radius 2 is 1.90 bits per heavy atom. The molecule has 0 radical (unpaired) electrons. The zero-order valence-corrected chi connectivity index (χ0v) is 13.3. The summed E-state index contributed by atoms with van der Waals surface area (Å²) in [5, 5.41) is 9.44. The maximum Gasteiger partial charge on any atom is 0.326 e. The Morgan fingerprint density at radius 3 is 2.45 bits per heavy atom. The summed E-state index contributed by atoms with van der Waals surface area (Å²) in [7, 11) is 0. The second-order valence-corrected chi connectivity index (χ2v) is 6.80. The largest absolute Gasteiger partial charge is 0.480 e. The van der Waals surface area contributed by atoms with E-state index < -0.39 is 12.0 Å². The van der Waals surface area contributed by atoms with Gasteiger partial charge in [-0.1, -0.05) is 13.0 Å². The number of carboxylic acid groups (broad SMARTS) is 1. The van der Waals surface area contributed by atoms with Crippen LogP contribution in [-0.2, 0) is 4.79 Å². The van der Waals surface area contributed by atoms with Crippen LogP contribution < -0.4 is 4.90 Å². The summed E-state index contributed by atoms with van der Waals surface area (Å²) < 4.78 is 0. The van der Waals surface area contributed by atoms with E-state index in [0.717, 1.165) is 12.1 Å². The highest BCUT2D eigenvalue weighted by Crippen LogP contribution is 2.45. The van der Waals surface area contributed by atoms with Crippen LogP contribution in [0.3, 0.4) is 0 Å². The standard InChI is InChI=1S/C17H25NO2/c1-10-7-14-12(3)9-17(5,6)18(13(4)16(19)20)15(14)8-11(10)2/h7-8,12-13H,9H2,1-6H3,(H,19,20). The fourth-order valence-corrected chi connectivity index (χ4v) is 3.55. The third-order valence-corrected chi connectivity index (χ3v) is 4.64. The molecule has 0 saturated carbocycles. The van der Waals surface area contributed by atoms with Crippen LogP contribution >= 0.6 is 0 Å². The van der Waals surface area contributed by atoms with Gasteiger partial charge in [-0.25, -0.2) is 4.79 Å². The molecule has 3 nitrogen and oxygen atoms in total. The number of rotatable bonds is 2. The van der Waals surface area contributed by atoms with Crippen LogP contribution in [0.2, 0.25) is 0 Å². The van der Waals surface area contributed by atoms with Gasteiger partial charge in [-0.15, -0.1) is 0 Å². The van der Waals surface area contributed by atoms with Gasteiger partial charge in [0.25, 0.3) is 0 Å². The molecule has 0 amide bonds. The van der Waals surface area contributed by atoms with E-state index in [9.17, 15) is 9.90 Å². The molecule has 2 rings (SSSR count). The average molecular weight is 275 g/mol. The number of benzene rings is 1. The molecule has 1 aromatic carbocycles. The smallest absolute Gasteiger partial charge is 0.326 e. The summed E-state index contributed by atoms with van der Waals surface area (Å²) >= 11 is 0. The molecule has 1 aliphatic rings. The van der Waals surface area contributed by atoms with E-state index in [0.29, 0.717) is 5.92 Å². The quantitative estimate of drug-likeness (QED) is 0.890. The average Bonchev–Trinajstić information content (AvgIpc) is 2.30. The van der Waals surface area contributed by atoms with Crippen molar-refractivity contribution >= 4 is 11.7 Å². The molecule has 1 aromatic rings. The van der Waals surface area contributed by atoms with Crippen molar-refractivity contribution in [2.75, 3.05) is 4.90 Å². The predicted molar refractivity (Wildman–Crippen MR) is 82.6 cm³/mol. The van der Waals surface area contributed by atoms with E-state index >= 15 is 0 Å². The Hall–Kier alpha value is -1.51. The van der Waals surface area contributed by atoms with Gasteiger partial charge >= 0.3 is 5.97 Å². The number of carbonyl (C=O) groups is 1. The minimum atomic E-state index is -0.767. The number of hydrogen-bond acceptors (Lipinski definition) is 2. The number of aliphatic carboxylic acids is 1. The van der Waals surface area contributed by atoms with Crippen LogP contribution in [0, 0.1) is 13.8 Å². The van der Waals surface area contributed by atoms with Crippen molar-refractivity contribution in [2.24, 2.45) is 0 Å². The van der Waals surface area contributed by atoms with Crippen LogP contribution in [0.1, 0.15) is 56.7 Å². The fraction of sp³-hybridized carbons (Fsp3) is 0.588. The number of carboxylic acids is 1. The highest BCUT2D eigenvalue weighted by Gasteiger charge is 2.40. The molecule has 0 aliphatic carbocycles. The molecule has 2 unspecified atom stereocenters. The van der Waals surface area contributed by atoms with Gasteiger partial charge in [0.15, 0.2) is 0 Å². The molecule has 0 spiro atoms. The van der Waals surface area contributed by atoms with Gasteiger partial charge in [0.1, 0.15) is 6.04 Å². The van der Waals surface area contributed by atoms with Crippen molar-refractivity contribution in [3.05, 3.63) is 28.8 Å². The number of aryl methyl sites for hydroxylation is 2. The van der Waals surface area contributed by atoms with Crippen molar-refractivity contribution in [3.63, 3.8) is 0 Å². The monoisotopic (exact) mass is 275 g/mol. The number of hydrogen-bond donors (Lipinski definition) is 1. The molecule has 0 aromatic heterocycles. The summed E-state index contributed by atoms with van der Waals surface area (Å²) in [6, 6.07) is 3.87. The van der Waals surface area contributed by atoms with E-state index in [2.05, 4.69) is 51.7 Å². The van der Waals surface area contributed by atoms with Crippen molar-refractivity contribution in [3.8, 4) is 0 Å². The number of anilines is 1. The van der Waals surface area contributed by atoms with Gasteiger partial charge in [0.2, 0.25) is 0 Å². The van der Waals surface area contributed by atoms with E-state index in [1.54, 1.807) is 6.92 Å². The first-order chi connectivity index (χ1) is 9.15. The lowest BCUT2D eigenvalue weighted by Crippen LogP contribution is -2.55. The van der Waals surface area contributed by atoms with Crippen LogP contribution in [0.4, 0.5) is 5.69 Å². The van der Waals surface area contributed by atoms with Gasteiger partial charge < -0.3 is 10.0 Å². The Kier molecular flexibility index (Phi) is 3.57. The Morgan fingerprint density at radius 1 is 1.35 bits per heavy atom. The third kappa shape index (κ3) is 2.30. The van der Waals surface area contributed by atoms with E-state index in [1.807, 2.05) is 0 Å². The first-order valence-electron chi connectivity index (χ1n) is 7.28. The molecular weight excluding hydrogens is 250 g/mol. The second-order valence-electron chi connectivity index (χ2n) is 6.80. The van der Waals surface area contributed by atoms with Gasteiger partial charge in [0.05, 0.1) is 0 Å². The summed E-state index contributed by atoms with van der Waals surface area (Å²) in [5.41, 5.74) is 4.72. The SMILES string of the molecule is Cc1cc2c(cc1C)N(C(C)C(=O)O)C(C)(C)CC2C. The highest BCUT2D eigenvalue weighted by molar-refractivity contribution is 5.80. The Labute approximate surface area is 121 Å². The molecule has 110 valence electrons. The molecule has 0 bridgehead atoms. The second kappa shape index (κ2) is 4.80. The summed E-state index contributed by atoms with van der Waals surface area (Å²) in [6.07, 6.45) is 0.972. The summed E-state index contributed by atoms with van der Waals surface area (Å²) in [5.74, 6) is -0.312. The van der Waals surface area contributed by atoms with E-state index in [4.69, 9.17) is 0 Å². The van der Waals surface area contributed by atoms with Crippen LogP contribution in [-0.4, -0.2) is 22.7 Å². The zero-order valence-electron chi connectivity index (χ0n) is 13.3. The van der Waals surface area contributed by atoms with E-state index in [-0.39, 0.29) is 5.54 Å². The topological polar surface area (TPSA) is 40.5 Å². The van der Waals surface area contributed by atoms with Crippen LogP contribution in [0.5, 0.6) is 0 Å². The van der Waals surface area contributed by atoms with E-state index in [1.165, 1.54) is 16.7 Å². The normalized spacial score (nSPS) is 22.3. The molecule has 1 aliphatic heterocycles. The molecule has 0 fully saturated rings. The lowest BCUT2D eigenvalue weighted by molar-refractivity contribution is -0.138. The number of fused-ring (bicyclic) bond motifs is 1. The molecule has 3 heteroatoms. The van der Waals surface area contributed by atoms with Crippen molar-refractivity contribution in [2.45, 2.75) is 65.5 Å². The first kappa shape index (κ1) is 14.9. The molecule has 2 atom stereocenters. The first-order valence-corrected chi connectivity index (χ1v) is 7.28. The molecule has 1 N–H and O–H groups in total. The van der Waals surface area contributed by atoms with Crippen molar-refractivity contribution < 1.29 is 9.90 Å². The Balaban J connectivity index is 2.64. The maximum atomic E-state index is 11.5. The fourth-order valence-electron chi connectivity index (χ4n) is 3.55. The molecule has 20 heavy (non-hydrogen) atoms. The number of nitrogens with zero attached hydrogens (tertiary/aromatic N) is 1. The predicted octanol–water partition coefficient (Wildman–Crippen LogP) is 3.87. The van der Waals surface area contributed by atoms with Crippen molar-refractivity contribution in [1.29, 1.82) is 0 Å². The lowest BCUT2D eigenvalue weighted by atomic mass is 9.78. The van der Waals surface area contributed by atoms with Gasteiger partial charge in [-0.2, -0.15) is 0 Å². The van der Waals surface area contributed by atoms with Crippen LogP contribution in [0.15, 0.2) is 12.1 Å². The Bertz CT molecular complexity index is 548. The molecule has 0 saturated heterocycles. The summed E-state index contributed by atoms with van der Waals surface area (Å²) in [6.45, 7) is 12.5. The van der Waals surface area contributed by atoms with Crippen LogP contribution in [0.25, 0.3) is 0 Å².